The number of esters is 1. The minimum absolute atomic E-state index is 0.303. The van der Waals surface area contributed by atoms with Crippen molar-refractivity contribution in [3.05, 3.63) is 53.6 Å². The number of benzene rings is 2. The number of para-hydroxylation sites is 1. The summed E-state index contributed by atoms with van der Waals surface area (Å²) < 4.78 is 10.7. The summed E-state index contributed by atoms with van der Waals surface area (Å²) in [4.78, 5) is 11.9. The van der Waals surface area contributed by atoms with Crippen molar-refractivity contribution in [1.29, 1.82) is 0 Å². The topological polar surface area (TPSA) is 61.5 Å². The van der Waals surface area contributed by atoms with Crippen LogP contribution in [-0.4, -0.2) is 12.6 Å². The third-order valence-corrected chi connectivity index (χ3v) is 2.78. The molecule has 0 aliphatic heterocycles. The van der Waals surface area contributed by atoms with Crippen molar-refractivity contribution in [1.82, 2.24) is 0 Å². The van der Waals surface area contributed by atoms with Gasteiger partial charge in [-0.3, -0.25) is 0 Å². The maximum absolute atomic E-state index is 11.9. The van der Waals surface area contributed by atoms with Crippen LogP contribution in [0.25, 0.3) is 0 Å². The van der Waals surface area contributed by atoms with Crippen LogP contribution in [0.3, 0.4) is 0 Å². The molecule has 0 fully saturated rings. The van der Waals surface area contributed by atoms with Gasteiger partial charge in [0.15, 0.2) is 5.75 Å². The van der Waals surface area contributed by atoms with E-state index in [0.29, 0.717) is 29.4 Å². The standard InChI is InChI=1S/C16H17NO3/c1-3-19-16(18)13-5-4-6-14(17)15(13)20-12-9-7-11(2)8-10-12/h4-10H,3,17H2,1-2H3. The molecule has 0 amide bonds. The van der Waals surface area contributed by atoms with Crippen LogP contribution >= 0.6 is 0 Å². The maximum Gasteiger partial charge on any atom is 0.342 e. The fourth-order valence-electron chi connectivity index (χ4n) is 1.76. The number of nitrogen functional groups attached to an aromatic ring is 1. The van der Waals surface area contributed by atoms with E-state index in [-0.39, 0.29) is 0 Å². The van der Waals surface area contributed by atoms with Gasteiger partial charge < -0.3 is 15.2 Å². The molecule has 0 bridgehead atoms. The van der Waals surface area contributed by atoms with Crippen molar-refractivity contribution in [2.45, 2.75) is 13.8 Å². The molecule has 0 aliphatic carbocycles. The molecule has 0 aromatic heterocycles. The van der Waals surface area contributed by atoms with Crippen molar-refractivity contribution in [2.24, 2.45) is 0 Å². The number of ether oxygens (including phenoxy) is 2. The predicted octanol–water partition coefficient (Wildman–Crippen LogP) is 3.55. The number of nitrogens with two attached hydrogens (primary N) is 1. The average molecular weight is 271 g/mol. The van der Waals surface area contributed by atoms with Crippen molar-refractivity contribution in [3.63, 3.8) is 0 Å². The molecule has 0 aliphatic rings. The van der Waals surface area contributed by atoms with E-state index in [1.807, 2.05) is 31.2 Å². The highest BCUT2D eigenvalue weighted by Gasteiger charge is 2.16. The summed E-state index contributed by atoms with van der Waals surface area (Å²) in [6.45, 7) is 4.05. The minimum atomic E-state index is -0.443. The summed E-state index contributed by atoms with van der Waals surface area (Å²) in [5.74, 6) is 0.510. The Morgan fingerprint density at radius 2 is 1.85 bits per heavy atom. The van der Waals surface area contributed by atoms with Gasteiger partial charge in [0.2, 0.25) is 0 Å². The molecule has 4 nitrogen and oxygen atoms in total. The van der Waals surface area contributed by atoms with Crippen LogP contribution in [-0.2, 0) is 4.74 Å². The molecule has 0 saturated carbocycles. The van der Waals surface area contributed by atoms with E-state index in [4.69, 9.17) is 15.2 Å². The van der Waals surface area contributed by atoms with Crippen molar-refractivity contribution in [3.8, 4) is 11.5 Å². The van der Waals surface area contributed by atoms with E-state index in [1.165, 1.54) is 0 Å². The van der Waals surface area contributed by atoms with Gasteiger partial charge in [-0.15, -0.1) is 0 Å². The second-order valence-corrected chi connectivity index (χ2v) is 4.36. The van der Waals surface area contributed by atoms with Gasteiger partial charge in [-0.05, 0) is 38.1 Å². The smallest absolute Gasteiger partial charge is 0.342 e. The Balaban J connectivity index is 2.34. The zero-order valence-corrected chi connectivity index (χ0v) is 11.6. The second kappa shape index (κ2) is 6.10. The molecule has 20 heavy (non-hydrogen) atoms. The number of hydrogen-bond acceptors (Lipinski definition) is 4. The molecular formula is C16H17NO3. The first kappa shape index (κ1) is 13.9. The maximum atomic E-state index is 11.9. The summed E-state index contributed by atoms with van der Waals surface area (Å²) >= 11 is 0. The van der Waals surface area contributed by atoms with Crippen LogP contribution in [0, 0.1) is 6.92 Å². The number of carbonyl (C=O) groups excluding carboxylic acids is 1. The third kappa shape index (κ3) is 3.09. The SMILES string of the molecule is CCOC(=O)c1cccc(N)c1Oc1ccc(C)cc1. The Hall–Kier alpha value is -2.49. The highest BCUT2D eigenvalue weighted by Crippen LogP contribution is 2.31. The molecular weight excluding hydrogens is 254 g/mol. The number of hydrogen-bond donors (Lipinski definition) is 1. The molecule has 2 aromatic rings. The number of anilines is 1. The molecule has 0 saturated heterocycles. The van der Waals surface area contributed by atoms with Gasteiger partial charge >= 0.3 is 5.97 Å². The zero-order chi connectivity index (χ0) is 14.5. The van der Waals surface area contributed by atoms with E-state index >= 15 is 0 Å². The fourth-order valence-corrected chi connectivity index (χ4v) is 1.76. The summed E-state index contributed by atoms with van der Waals surface area (Å²) in [7, 11) is 0. The molecule has 2 aromatic carbocycles. The van der Waals surface area contributed by atoms with Gasteiger partial charge in [-0.1, -0.05) is 23.8 Å². The van der Waals surface area contributed by atoms with E-state index in [0.717, 1.165) is 5.56 Å². The summed E-state index contributed by atoms with van der Waals surface area (Å²) in [6, 6.07) is 12.5. The lowest BCUT2D eigenvalue weighted by Crippen LogP contribution is -2.08. The van der Waals surface area contributed by atoms with Gasteiger partial charge in [0.05, 0.1) is 12.3 Å². The lowest BCUT2D eigenvalue weighted by atomic mass is 10.1. The molecule has 0 radical (unpaired) electrons. The number of rotatable bonds is 4. The number of carbonyl (C=O) groups is 1. The van der Waals surface area contributed by atoms with Gasteiger partial charge in [-0.2, -0.15) is 0 Å². The first-order valence-electron chi connectivity index (χ1n) is 6.42. The van der Waals surface area contributed by atoms with Crippen LogP contribution in [0.2, 0.25) is 0 Å². The summed E-state index contributed by atoms with van der Waals surface area (Å²) in [5, 5.41) is 0. The number of aryl methyl sites for hydroxylation is 1. The molecule has 4 heteroatoms. The Morgan fingerprint density at radius 1 is 1.15 bits per heavy atom. The third-order valence-electron chi connectivity index (χ3n) is 2.78. The second-order valence-electron chi connectivity index (χ2n) is 4.36. The van der Waals surface area contributed by atoms with Crippen LogP contribution in [0.1, 0.15) is 22.8 Å². The van der Waals surface area contributed by atoms with E-state index in [9.17, 15) is 4.79 Å². The van der Waals surface area contributed by atoms with Gasteiger partial charge in [0.25, 0.3) is 0 Å². The highest BCUT2D eigenvalue weighted by molar-refractivity contribution is 5.94. The predicted molar refractivity (Wildman–Crippen MR) is 78.1 cm³/mol. The monoisotopic (exact) mass is 271 g/mol. The Bertz CT molecular complexity index is 606. The quantitative estimate of drug-likeness (QED) is 0.682. The summed E-state index contributed by atoms with van der Waals surface area (Å²) in [6.07, 6.45) is 0. The summed E-state index contributed by atoms with van der Waals surface area (Å²) in [5.41, 5.74) is 7.75. The van der Waals surface area contributed by atoms with E-state index in [2.05, 4.69) is 0 Å². The van der Waals surface area contributed by atoms with Crippen LogP contribution in [0.4, 0.5) is 5.69 Å². The fraction of sp³-hybridized carbons (Fsp3) is 0.188. The lowest BCUT2D eigenvalue weighted by molar-refractivity contribution is 0.0523. The largest absolute Gasteiger partial charge is 0.462 e. The van der Waals surface area contributed by atoms with Crippen molar-refractivity contribution in [2.75, 3.05) is 12.3 Å². The lowest BCUT2D eigenvalue weighted by Gasteiger charge is -2.12. The van der Waals surface area contributed by atoms with Crippen molar-refractivity contribution < 1.29 is 14.3 Å². The van der Waals surface area contributed by atoms with Crippen molar-refractivity contribution >= 4 is 11.7 Å². The first-order chi connectivity index (χ1) is 9.61. The normalized spacial score (nSPS) is 10.1. The Labute approximate surface area is 118 Å². The molecule has 0 atom stereocenters. The van der Waals surface area contributed by atoms with Gasteiger partial charge in [-0.25, -0.2) is 4.79 Å². The molecule has 0 heterocycles. The van der Waals surface area contributed by atoms with Crippen LogP contribution in [0.5, 0.6) is 11.5 Å². The molecule has 0 unspecified atom stereocenters. The van der Waals surface area contributed by atoms with Gasteiger partial charge in [0.1, 0.15) is 11.3 Å². The molecule has 104 valence electrons. The highest BCUT2D eigenvalue weighted by atomic mass is 16.5. The average Bonchev–Trinajstić information content (AvgIpc) is 2.43. The molecule has 2 N–H and O–H groups in total. The minimum Gasteiger partial charge on any atom is -0.462 e. The van der Waals surface area contributed by atoms with E-state index < -0.39 is 5.97 Å². The van der Waals surface area contributed by atoms with Crippen LogP contribution < -0.4 is 10.5 Å². The Morgan fingerprint density at radius 3 is 2.50 bits per heavy atom. The first-order valence-corrected chi connectivity index (χ1v) is 6.42. The molecule has 0 spiro atoms. The van der Waals surface area contributed by atoms with Crippen LogP contribution in [0.15, 0.2) is 42.5 Å². The van der Waals surface area contributed by atoms with Gasteiger partial charge in [0, 0.05) is 0 Å². The van der Waals surface area contributed by atoms with E-state index in [1.54, 1.807) is 25.1 Å². The Kier molecular flexibility index (Phi) is 4.25. The zero-order valence-electron chi connectivity index (χ0n) is 11.6. The molecule has 2 rings (SSSR count).